The lowest BCUT2D eigenvalue weighted by atomic mass is 9.96. The molecule has 0 saturated heterocycles. The van der Waals surface area contributed by atoms with Crippen molar-refractivity contribution in [1.29, 1.82) is 0 Å². The minimum atomic E-state index is -0.631. The molecule has 0 unspecified atom stereocenters. The molecular weight excluding hydrogens is 218 g/mol. The van der Waals surface area contributed by atoms with E-state index in [0.717, 1.165) is 22.1 Å². The zero-order valence-corrected chi connectivity index (χ0v) is 9.13. The summed E-state index contributed by atoms with van der Waals surface area (Å²) in [6.07, 6.45) is 0.448. The number of nitro groups is 1. The average Bonchev–Trinajstić information content (AvgIpc) is 2.38. The van der Waals surface area contributed by atoms with Gasteiger partial charge in [-0.2, -0.15) is 0 Å². The molecule has 0 radical (unpaired) electrons. The van der Waals surface area contributed by atoms with Gasteiger partial charge in [-0.05, 0) is 16.8 Å². The molecule has 1 heterocycles. The van der Waals surface area contributed by atoms with Gasteiger partial charge in [0.05, 0.1) is 0 Å². The molecule has 1 atom stereocenters. The van der Waals surface area contributed by atoms with E-state index in [1.54, 1.807) is 0 Å². The molecule has 1 aliphatic rings. The highest BCUT2D eigenvalue weighted by molar-refractivity contribution is 5.88. The van der Waals surface area contributed by atoms with Crippen LogP contribution in [0.15, 0.2) is 36.4 Å². The van der Waals surface area contributed by atoms with E-state index in [2.05, 4.69) is 0 Å². The maximum Gasteiger partial charge on any atom is 0.250 e. The maximum absolute atomic E-state index is 10.8. The molecule has 86 valence electrons. The number of rotatable bonds is 1. The summed E-state index contributed by atoms with van der Waals surface area (Å²) in [5.41, 5.74) is 0.955. The first-order valence-electron chi connectivity index (χ1n) is 5.52. The molecule has 4 nitrogen and oxygen atoms in total. The first-order chi connectivity index (χ1) is 8.25. The van der Waals surface area contributed by atoms with E-state index in [4.69, 9.17) is 4.74 Å². The standard InChI is InChI=1S/C13H11NO3/c15-14(16)10-7-12-11-4-2-1-3-9(11)5-6-13(12)17-8-10/h1-6,10H,7-8H2/t10-/m0/s1. The second-order valence-electron chi connectivity index (χ2n) is 4.22. The van der Waals surface area contributed by atoms with Crippen molar-refractivity contribution < 1.29 is 9.66 Å². The monoisotopic (exact) mass is 229 g/mol. The van der Waals surface area contributed by atoms with Crippen LogP contribution in [0.2, 0.25) is 0 Å². The fraction of sp³-hybridized carbons (Fsp3) is 0.231. The lowest BCUT2D eigenvalue weighted by Crippen LogP contribution is -2.33. The third-order valence-corrected chi connectivity index (χ3v) is 3.17. The summed E-state index contributed by atoms with van der Waals surface area (Å²) < 4.78 is 5.46. The number of fused-ring (bicyclic) bond motifs is 3. The van der Waals surface area contributed by atoms with Crippen LogP contribution in [0.1, 0.15) is 5.56 Å². The molecule has 0 spiro atoms. The molecule has 0 bridgehead atoms. The van der Waals surface area contributed by atoms with E-state index in [1.165, 1.54) is 0 Å². The van der Waals surface area contributed by atoms with Gasteiger partial charge in [0.15, 0.2) is 6.61 Å². The molecule has 0 amide bonds. The fourth-order valence-electron chi connectivity index (χ4n) is 2.28. The molecule has 0 saturated carbocycles. The van der Waals surface area contributed by atoms with Gasteiger partial charge in [0.2, 0.25) is 0 Å². The molecule has 2 aromatic rings. The molecule has 2 aromatic carbocycles. The molecular formula is C13H11NO3. The van der Waals surface area contributed by atoms with Gasteiger partial charge >= 0.3 is 0 Å². The molecule has 3 rings (SSSR count). The van der Waals surface area contributed by atoms with E-state index in [1.807, 2.05) is 36.4 Å². The van der Waals surface area contributed by atoms with E-state index in [9.17, 15) is 10.1 Å². The first kappa shape index (κ1) is 10.1. The van der Waals surface area contributed by atoms with E-state index in [-0.39, 0.29) is 11.5 Å². The van der Waals surface area contributed by atoms with Crippen molar-refractivity contribution in [2.75, 3.05) is 6.61 Å². The first-order valence-corrected chi connectivity index (χ1v) is 5.52. The van der Waals surface area contributed by atoms with Gasteiger partial charge in [-0.25, -0.2) is 0 Å². The van der Waals surface area contributed by atoms with Crippen LogP contribution in [0.4, 0.5) is 0 Å². The number of nitrogens with zero attached hydrogens (tertiary/aromatic N) is 1. The Morgan fingerprint density at radius 3 is 2.88 bits per heavy atom. The van der Waals surface area contributed by atoms with Gasteiger partial charge < -0.3 is 4.74 Å². The second kappa shape index (κ2) is 3.73. The predicted octanol–water partition coefficient (Wildman–Crippen LogP) is 2.42. The van der Waals surface area contributed by atoms with Crippen molar-refractivity contribution >= 4 is 10.8 Å². The van der Waals surface area contributed by atoms with E-state index < -0.39 is 6.04 Å². The van der Waals surface area contributed by atoms with Crippen LogP contribution in [0.3, 0.4) is 0 Å². The second-order valence-corrected chi connectivity index (χ2v) is 4.22. The Balaban J connectivity index is 2.15. The summed E-state index contributed by atoms with van der Waals surface area (Å²) in [6.45, 7) is 0.165. The van der Waals surface area contributed by atoms with Gasteiger partial charge in [0.25, 0.3) is 6.04 Å². The topological polar surface area (TPSA) is 52.4 Å². The summed E-state index contributed by atoms with van der Waals surface area (Å²) in [6, 6.07) is 11.1. The summed E-state index contributed by atoms with van der Waals surface area (Å²) in [5.74, 6) is 0.779. The Kier molecular flexibility index (Phi) is 2.21. The van der Waals surface area contributed by atoms with Crippen molar-refractivity contribution in [2.45, 2.75) is 12.5 Å². The number of benzene rings is 2. The summed E-state index contributed by atoms with van der Waals surface area (Å²) in [7, 11) is 0. The van der Waals surface area contributed by atoms with Crippen molar-refractivity contribution in [3.05, 3.63) is 52.1 Å². The number of ether oxygens (including phenoxy) is 1. The van der Waals surface area contributed by atoms with E-state index in [0.29, 0.717) is 6.42 Å². The SMILES string of the molecule is O=[N+]([O-])[C@@H]1COc2ccc3ccccc3c2C1. The third-order valence-electron chi connectivity index (χ3n) is 3.17. The zero-order valence-electron chi connectivity index (χ0n) is 9.13. The number of hydrogen-bond donors (Lipinski definition) is 0. The molecule has 0 fully saturated rings. The van der Waals surface area contributed by atoms with Crippen molar-refractivity contribution in [3.8, 4) is 5.75 Å². The molecule has 4 heteroatoms. The summed E-state index contributed by atoms with van der Waals surface area (Å²) in [4.78, 5) is 10.6. The zero-order chi connectivity index (χ0) is 11.8. The highest BCUT2D eigenvalue weighted by Gasteiger charge is 2.29. The quantitative estimate of drug-likeness (QED) is 0.557. The third kappa shape index (κ3) is 1.62. The van der Waals surface area contributed by atoms with Crippen LogP contribution in [-0.2, 0) is 6.42 Å². The Morgan fingerprint density at radius 2 is 2.06 bits per heavy atom. The van der Waals surface area contributed by atoms with Crippen LogP contribution in [-0.4, -0.2) is 17.6 Å². The largest absolute Gasteiger partial charge is 0.486 e. The van der Waals surface area contributed by atoms with Crippen LogP contribution in [0.5, 0.6) is 5.75 Å². The van der Waals surface area contributed by atoms with E-state index >= 15 is 0 Å². The Bertz CT molecular complexity index is 594. The van der Waals surface area contributed by atoms with Crippen molar-refractivity contribution in [3.63, 3.8) is 0 Å². The average molecular weight is 229 g/mol. The summed E-state index contributed by atoms with van der Waals surface area (Å²) >= 11 is 0. The molecule has 0 aliphatic carbocycles. The van der Waals surface area contributed by atoms with Gasteiger partial charge in [0.1, 0.15) is 5.75 Å². The Labute approximate surface area is 98.0 Å². The fourth-order valence-corrected chi connectivity index (χ4v) is 2.28. The van der Waals surface area contributed by atoms with Crippen molar-refractivity contribution in [2.24, 2.45) is 0 Å². The molecule has 1 aliphatic heterocycles. The van der Waals surface area contributed by atoms with Gasteiger partial charge in [-0.15, -0.1) is 0 Å². The molecule has 0 N–H and O–H groups in total. The highest BCUT2D eigenvalue weighted by atomic mass is 16.6. The van der Waals surface area contributed by atoms with Gasteiger partial charge in [-0.1, -0.05) is 30.3 Å². The summed E-state index contributed by atoms with van der Waals surface area (Å²) in [5, 5.41) is 13.0. The Morgan fingerprint density at radius 1 is 1.24 bits per heavy atom. The van der Waals surface area contributed by atoms with Gasteiger partial charge in [0, 0.05) is 16.9 Å². The highest BCUT2D eigenvalue weighted by Crippen LogP contribution is 2.32. The van der Waals surface area contributed by atoms with Crippen molar-refractivity contribution in [1.82, 2.24) is 0 Å². The predicted molar refractivity (Wildman–Crippen MR) is 63.9 cm³/mol. The molecule has 17 heavy (non-hydrogen) atoms. The molecule has 0 aromatic heterocycles. The van der Waals surface area contributed by atoms with Crippen LogP contribution in [0, 0.1) is 10.1 Å². The van der Waals surface area contributed by atoms with Gasteiger partial charge in [-0.3, -0.25) is 10.1 Å². The van der Waals surface area contributed by atoms with Crippen LogP contribution >= 0.6 is 0 Å². The lowest BCUT2D eigenvalue weighted by molar-refractivity contribution is -0.525. The lowest BCUT2D eigenvalue weighted by Gasteiger charge is -2.21. The minimum absolute atomic E-state index is 0.165. The van der Waals surface area contributed by atoms with Crippen LogP contribution in [0.25, 0.3) is 10.8 Å². The minimum Gasteiger partial charge on any atom is -0.486 e. The Hall–Kier alpha value is -2.10. The smallest absolute Gasteiger partial charge is 0.250 e. The maximum atomic E-state index is 10.8. The van der Waals surface area contributed by atoms with Crippen LogP contribution < -0.4 is 4.74 Å². The number of hydrogen-bond acceptors (Lipinski definition) is 3. The normalized spacial score (nSPS) is 18.5.